The zero-order valence-corrected chi connectivity index (χ0v) is 16.7. The largest absolute Gasteiger partial charge is 0.358 e. The molecule has 1 aliphatic rings. The Bertz CT molecular complexity index is 1050. The predicted molar refractivity (Wildman–Crippen MR) is 114 cm³/mol. The van der Waals surface area contributed by atoms with E-state index in [1.54, 1.807) is 55.5 Å². The van der Waals surface area contributed by atoms with Crippen LogP contribution in [-0.4, -0.2) is 29.6 Å². The second-order valence-corrected chi connectivity index (χ2v) is 7.33. The van der Waals surface area contributed by atoms with Crippen molar-refractivity contribution in [2.45, 2.75) is 24.9 Å². The summed E-state index contributed by atoms with van der Waals surface area (Å²) in [5, 5.41) is 0. The molecule has 0 saturated carbocycles. The van der Waals surface area contributed by atoms with Gasteiger partial charge in [0.1, 0.15) is 0 Å². The molecule has 0 N–H and O–H groups in total. The van der Waals surface area contributed by atoms with Gasteiger partial charge < -0.3 is 4.74 Å². The molecule has 0 fully saturated rings. The van der Waals surface area contributed by atoms with Gasteiger partial charge >= 0.3 is 0 Å². The van der Waals surface area contributed by atoms with Gasteiger partial charge in [-0.05, 0) is 12.5 Å². The maximum Gasteiger partial charge on any atom is 0.204 e. The standard InChI is InChI=1S/C26H22O4/c1-2-30-26(24(28)20-15-9-10-16-21(20)25(26)29)22(18-11-5-3-6-12-18)17-23(27)19-13-7-4-8-14-19/h3-16,22H,2,17H2,1H3. The number of carbonyl (C=O) groups excluding carboxylic acids is 3. The predicted octanol–water partition coefficient (Wildman–Crippen LogP) is 4.90. The highest BCUT2D eigenvalue weighted by atomic mass is 16.5. The molecule has 3 aromatic carbocycles. The van der Waals surface area contributed by atoms with Crippen molar-refractivity contribution in [3.63, 3.8) is 0 Å². The number of Topliss-reactive ketones (excluding diaryl/α,β-unsaturated/α-hetero) is 3. The molecule has 4 nitrogen and oxygen atoms in total. The summed E-state index contributed by atoms with van der Waals surface area (Å²) in [5.41, 5.74) is 0.225. The molecule has 0 heterocycles. The van der Waals surface area contributed by atoms with Gasteiger partial charge in [0.2, 0.25) is 17.2 Å². The van der Waals surface area contributed by atoms with Gasteiger partial charge in [-0.15, -0.1) is 0 Å². The lowest BCUT2D eigenvalue weighted by Crippen LogP contribution is -2.50. The Morgan fingerprint density at radius 1 is 0.800 bits per heavy atom. The van der Waals surface area contributed by atoms with Crippen LogP contribution in [-0.2, 0) is 4.74 Å². The van der Waals surface area contributed by atoms with Crippen molar-refractivity contribution in [3.05, 3.63) is 107 Å². The quantitative estimate of drug-likeness (QED) is 0.420. The van der Waals surface area contributed by atoms with Crippen LogP contribution in [0.3, 0.4) is 0 Å². The van der Waals surface area contributed by atoms with Crippen molar-refractivity contribution in [2.75, 3.05) is 6.61 Å². The number of rotatable bonds is 7. The maximum atomic E-state index is 13.6. The van der Waals surface area contributed by atoms with Crippen LogP contribution in [0.15, 0.2) is 84.9 Å². The molecule has 1 atom stereocenters. The molecule has 3 aromatic rings. The molecule has 30 heavy (non-hydrogen) atoms. The normalized spacial score (nSPS) is 15.6. The number of hydrogen-bond acceptors (Lipinski definition) is 4. The monoisotopic (exact) mass is 398 g/mol. The molecule has 0 aromatic heterocycles. The van der Waals surface area contributed by atoms with Gasteiger partial charge in [-0.3, -0.25) is 14.4 Å². The van der Waals surface area contributed by atoms with Gasteiger partial charge in [-0.2, -0.15) is 0 Å². The van der Waals surface area contributed by atoms with Crippen LogP contribution in [0.4, 0.5) is 0 Å². The second-order valence-electron chi connectivity index (χ2n) is 7.33. The van der Waals surface area contributed by atoms with Gasteiger partial charge in [0.05, 0.1) is 0 Å². The molecular formula is C26H22O4. The third-order valence-electron chi connectivity index (χ3n) is 5.64. The van der Waals surface area contributed by atoms with Crippen molar-refractivity contribution in [1.82, 2.24) is 0 Å². The fourth-order valence-electron chi connectivity index (χ4n) is 4.27. The lowest BCUT2D eigenvalue weighted by molar-refractivity contribution is -0.0190. The third kappa shape index (κ3) is 3.19. The summed E-state index contributed by atoms with van der Waals surface area (Å²) in [6.45, 7) is 1.93. The number of hydrogen-bond donors (Lipinski definition) is 0. The van der Waals surface area contributed by atoms with Crippen LogP contribution in [0.25, 0.3) is 0 Å². The summed E-state index contributed by atoms with van der Waals surface area (Å²) in [6, 6.07) is 24.9. The Hall–Kier alpha value is -3.37. The highest BCUT2D eigenvalue weighted by molar-refractivity contribution is 6.33. The van der Waals surface area contributed by atoms with Crippen molar-refractivity contribution in [3.8, 4) is 0 Å². The molecule has 0 spiro atoms. The van der Waals surface area contributed by atoms with Crippen molar-refractivity contribution < 1.29 is 19.1 Å². The van der Waals surface area contributed by atoms with Gasteiger partial charge in [-0.25, -0.2) is 0 Å². The summed E-state index contributed by atoms with van der Waals surface area (Å²) in [5.74, 6) is -1.63. The van der Waals surface area contributed by atoms with E-state index >= 15 is 0 Å². The molecule has 0 bridgehead atoms. The van der Waals surface area contributed by atoms with E-state index in [4.69, 9.17) is 4.74 Å². The number of carbonyl (C=O) groups is 3. The molecule has 4 heteroatoms. The Kier molecular flexibility index (Phi) is 5.42. The van der Waals surface area contributed by atoms with E-state index in [0.29, 0.717) is 16.7 Å². The Morgan fingerprint density at radius 2 is 1.30 bits per heavy atom. The fourth-order valence-corrected chi connectivity index (χ4v) is 4.27. The first kappa shape index (κ1) is 19.9. The minimum atomic E-state index is -1.75. The number of benzene rings is 3. The van der Waals surface area contributed by atoms with Gasteiger partial charge in [0.15, 0.2) is 5.78 Å². The fraction of sp³-hybridized carbons (Fsp3) is 0.192. The minimum Gasteiger partial charge on any atom is -0.358 e. The Balaban J connectivity index is 1.85. The first-order valence-electron chi connectivity index (χ1n) is 10.1. The summed E-state index contributed by atoms with van der Waals surface area (Å²) in [7, 11) is 0. The molecule has 4 rings (SSSR count). The molecule has 150 valence electrons. The van der Waals surface area contributed by atoms with Crippen molar-refractivity contribution >= 4 is 17.3 Å². The van der Waals surface area contributed by atoms with E-state index in [-0.39, 0.29) is 30.4 Å². The molecular weight excluding hydrogens is 376 g/mol. The molecule has 1 aliphatic carbocycles. The molecule has 0 aliphatic heterocycles. The van der Waals surface area contributed by atoms with E-state index in [1.165, 1.54) is 0 Å². The Labute approximate surface area is 175 Å². The number of fused-ring (bicyclic) bond motifs is 1. The average molecular weight is 398 g/mol. The summed E-state index contributed by atoms with van der Waals surface area (Å²) < 4.78 is 6.00. The van der Waals surface area contributed by atoms with Gasteiger partial charge in [0.25, 0.3) is 0 Å². The van der Waals surface area contributed by atoms with Gasteiger partial charge in [0, 0.05) is 35.6 Å². The van der Waals surface area contributed by atoms with E-state index in [2.05, 4.69) is 0 Å². The zero-order valence-electron chi connectivity index (χ0n) is 16.7. The van der Waals surface area contributed by atoms with Crippen LogP contribution >= 0.6 is 0 Å². The minimum absolute atomic E-state index is 0.0144. The van der Waals surface area contributed by atoms with E-state index in [9.17, 15) is 14.4 Å². The lowest BCUT2D eigenvalue weighted by Gasteiger charge is -2.34. The lowest BCUT2D eigenvalue weighted by atomic mass is 9.75. The summed E-state index contributed by atoms with van der Waals surface area (Å²) in [6.07, 6.45) is -0.0144. The molecule has 1 unspecified atom stereocenters. The highest BCUT2D eigenvalue weighted by Gasteiger charge is 2.59. The topological polar surface area (TPSA) is 60.4 Å². The molecule has 0 radical (unpaired) electrons. The van der Waals surface area contributed by atoms with E-state index in [1.807, 2.05) is 36.4 Å². The van der Waals surface area contributed by atoms with Crippen molar-refractivity contribution in [2.24, 2.45) is 0 Å². The smallest absolute Gasteiger partial charge is 0.204 e. The van der Waals surface area contributed by atoms with Gasteiger partial charge in [-0.1, -0.05) is 84.9 Å². The highest BCUT2D eigenvalue weighted by Crippen LogP contribution is 2.45. The van der Waals surface area contributed by atoms with Crippen LogP contribution in [0, 0.1) is 0 Å². The summed E-state index contributed by atoms with van der Waals surface area (Å²) in [4.78, 5) is 40.3. The van der Waals surface area contributed by atoms with Crippen LogP contribution < -0.4 is 0 Å². The van der Waals surface area contributed by atoms with Crippen LogP contribution in [0.5, 0.6) is 0 Å². The van der Waals surface area contributed by atoms with E-state index < -0.39 is 11.5 Å². The van der Waals surface area contributed by atoms with E-state index in [0.717, 1.165) is 5.56 Å². The van der Waals surface area contributed by atoms with Crippen LogP contribution in [0.1, 0.15) is 55.9 Å². The first-order chi connectivity index (χ1) is 14.6. The third-order valence-corrected chi connectivity index (χ3v) is 5.64. The number of ether oxygens (including phenoxy) is 1. The molecule has 0 saturated heterocycles. The van der Waals surface area contributed by atoms with Crippen LogP contribution in [0.2, 0.25) is 0 Å². The average Bonchev–Trinajstić information content (AvgIpc) is 3.01. The first-order valence-corrected chi connectivity index (χ1v) is 10.1. The summed E-state index contributed by atoms with van der Waals surface area (Å²) >= 11 is 0. The zero-order chi connectivity index (χ0) is 21.1. The van der Waals surface area contributed by atoms with Crippen molar-refractivity contribution in [1.29, 1.82) is 0 Å². The number of ketones is 3. The molecule has 0 amide bonds. The SMILES string of the molecule is CCOC1(C(CC(=O)c2ccccc2)c2ccccc2)C(=O)c2ccccc2C1=O. The Morgan fingerprint density at radius 3 is 1.83 bits per heavy atom. The second kappa shape index (κ2) is 8.17. The maximum absolute atomic E-state index is 13.6.